The van der Waals surface area contributed by atoms with Crippen LogP contribution in [0.2, 0.25) is 0 Å². The smallest absolute Gasteiger partial charge is 0.244 e. The number of hydrogen-bond acceptors (Lipinski definition) is 5. The van der Waals surface area contributed by atoms with Crippen molar-refractivity contribution in [3.8, 4) is 11.5 Å². The molecule has 0 bridgehead atoms. The highest BCUT2D eigenvalue weighted by Gasteiger charge is 2.07. The fourth-order valence-electron chi connectivity index (χ4n) is 1.78. The van der Waals surface area contributed by atoms with Crippen LogP contribution in [0.5, 0.6) is 11.5 Å². The molecule has 22 heavy (non-hydrogen) atoms. The van der Waals surface area contributed by atoms with Gasteiger partial charge >= 0.3 is 0 Å². The first-order chi connectivity index (χ1) is 10.6. The lowest BCUT2D eigenvalue weighted by Crippen LogP contribution is -2.19. The summed E-state index contributed by atoms with van der Waals surface area (Å²) in [4.78, 5) is 11.8. The average Bonchev–Trinajstić information content (AvgIpc) is 2.92. The molecular weight excluding hydrogens is 352 g/mol. The van der Waals surface area contributed by atoms with Crippen molar-refractivity contribution in [2.24, 2.45) is 5.10 Å². The maximum atomic E-state index is 11.8. The summed E-state index contributed by atoms with van der Waals surface area (Å²) >= 11 is 3.18. The summed E-state index contributed by atoms with van der Waals surface area (Å²) in [5, 5.41) is 3.83. The average molecular weight is 367 g/mol. The van der Waals surface area contributed by atoms with E-state index in [4.69, 9.17) is 13.9 Å². The lowest BCUT2D eigenvalue weighted by Gasteiger charge is -2.09. The van der Waals surface area contributed by atoms with Crippen molar-refractivity contribution < 1.29 is 18.7 Å². The molecule has 0 unspecified atom stereocenters. The van der Waals surface area contributed by atoms with Gasteiger partial charge in [0, 0.05) is 0 Å². The number of ether oxygens (including phenoxy) is 2. The predicted molar refractivity (Wildman–Crippen MR) is 85.4 cm³/mol. The third-order valence-electron chi connectivity index (χ3n) is 2.79. The SMILES string of the molecule is COc1ccc(CC(=O)N/N=C/c2ccc(Br)o2)cc1OC. The summed E-state index contributed by atoms with van der Waals surface area (Å²) in [6.07, 6.45) is 1.61. The monoisotopic (exact) mass is 366 g/mol. The van der Waals surface area contributed by atoms with Gasteiger partial charge in [0.2, 0.25) is 5.91 Å². The van der Waals surface area contributed by atoms with Gasteiger partial charge in [-0.05, 0) is 45.8 Å². The maximum Gasteiger partial charge on any atom is 0.244 e. The minimum Gasteiger partial charge on any atom is -0.493 e. The molecule has 0 aliphatic heterocycles. The number of halogens is 1. The second-order valence-electron chi connectivity index (χ2n) is 4.30. The Morgan fingerprint density at radius 3 is 2.68 bits per heavy atom. The minimum absolute atomic E-state index is 0.180. The number of furan rings is 1. The standard InChI is InChI=1S/C15H15BrN2O4/c1-20-12-5-3-10(7-13(12)21-2)8-15(19)18-17-9-11-4-6-14(16)22-11/h3-7,9H,8H2,1-2H3,(H,18,19)/b17-9+. The molecule has 1 amide bonds. The van der Waals surface area contributed by atoms with E-state index in [-0.39, 0.29) is 12.3 Å². The van der Waals surface area contributed by atoms with Crippen LogP contribution in [0.3, 0.4) is 0 Å². The summed E-state index contributed by atoms with van der Waals surface area (Å²) in [5.41, 5.74) is 3.24. The van der Waals surface area contributed by atoms with Crippen LogP contribution in [0.15, 0.2) is 44.5 Å². The normalized spacial score (nSPS) is 10.7. The van der Waals surface area contributed by atoms with Gasteiger partial charge in [0.05, 0.1) is 26.9 Å². The maximum absolute atomic E-state index is 11.8. The van der Waals surface area contributed by atoms with Gasteiger partial charge < -0.3 is 13.9 Å². The number of hydrogen-bond donors (Lipinski definition) is 1. The Labute approximate surface area is 136 Å². The molecule has 1 aromatic heterocycles. The van der Waals surface area contributed by atoms with E-state index in [9.17, 15) is 4.79 Å². The summed E-state index contributed by atoms with van der Waals surface area (Å²) in [5.74, 6) is 1.50. The fraction of sp³-hybridized carbons (Fsp3) is 0.200. The van der Waals surface area contributed by atoms with Crippen LogP contribution >= 0.6 is 15.9 Å². The fourth-order valence-corrected chi connectivity index (χ4v) is 2.10. The van der Waals surface area contributed by atoms with Crippen molar-refractivity contribution in [2.75, 3.05) is 14.2 Å². The molecule has 0 radical (unpaired) electrons. The molecular formula is C15H15BrN2O4. The summed E-state index contributed by atoms with van der Waals surface area (Å²) in [7, 11) is 3.11. The summed E-state index contributed by atoms with van der Waals surface area (Å²) in [6, 6.07) is 8.78. The van der Waals surface area contributed by atoms with E-state index in [1.54, 1.807) is 44.6 Å². The molecule has 2 rings (SSSR count). The van der Waals surface area contributed by atoms with Gasteiger partial charge in [-0.15, -0.1) is 0 Å². The van der Waals surface area contributed by atoms with Crippen molar-refractivity contribution in [3.63, 3.8) is 0 Å². The molecule has 2 aromatic rings. The van der Waals surface area contributed by atoms with Crippen molar-refractivity contribution in [1.82, 2.24) is 5.43 Å². The molecule has 1 N–H and O–H groups in total. The second-order valence-corrected chi connectivity index (χ2v) is 5.08. The van der Waals surface area contributed by atoms with Crippen LogP contribution in [-0.2, 0) is 11.2 Å². The van der Waals surface area contributed by atoms with Gasteiger partial charge in [-0.1, -0.05) is 6.07 Å². The Hall–Kier alpha value is -2.28. The number of rotatable bonds is 6. The molecule has 7 heteroatoms. The first kappa shape index (κ1) is 16.1. The van der Waals surface area contributed by atoms with Crippen molar-refractivity contribution in [2.45, 2.75) is 6.42 Å². The molecule has 6 nitrogen and oxygen atoms in total. The molecule has 0 spiro atoms. The number of nitrogens with one attached hydrogen (secondary N) is 1. The minimum atomic E-state index is -0.242. The first-order valence-electron chi connectivity index (χ1n) is 6.40. The van der Waals surface area contributed by atoms with E-state index < -0.39 is 0 Å². The van der Waals surface area contributed by atoms with Crippen LogP contribution in [0.4, 0.5) is 0 Å². The number of methoxy groups -OCH3 is 2. The second kappa shape index (κ2) is 7.65. The van der Waals surface area contributed by atoms with Crippen molar-refractivity contribution >= 4 is 28.1 Å². The van der Waals surface area contributed by atoms with E-state index in [0.717, 1.165) is 5.56 Å². The first-order valence-corrected chi connectivity index (χ1v) is 7.20. The van der Waals surface area contributed by atoms with Crippen LogP contribution < -0.4 is 14.9 Å². The van der Waals surface area contributed by atoms with E-state index in [0.29, 0.717) is 21.9 Å². The van der Waals surface area contributed by atoms with E-state index >= 15 is 0 Å². The molecule has 0 fully saturated rings. The van der Waals surface area contributed by atoms with E-state index in [2.05, 4.69) is 26.5 Å². The highest BCUT2D eigenvalue weighted by atomic mass is 79.9. The zero-order valence-corrected chi connectivity index (χ0v) is 13.7. The lowest BCUT2D eigenvalue weighted by atomic mass is 10.1. The van der Waals surface area contributed by atoms with Gasteiger partial charge in [-0.3, -0.25) is 4.79 Å². The predicted octanol–water partition coefficient (Wildman–Crippen LogP) is 2.75. The Kier molecular flexibility index (Phi) is 5.60. The molecule has 0 aliphatic carbocycles. The zero-order valence-electron chi connectivity index (χ0n) is 12.1. The van der Waals surface area contributed by atoms with Gasteiger partial charge in [0.15, 0.2) is 16.2 Å². The van der Waals surface area contributed by atoms with E-state index in [1.165, 1.54) is 6.21 Å². The summed E-state index contributed by atoms with van der Waals surface area (Å²) in [6.45, 7) is 0. The number of carbonyl (C=O) groups excluding carboxylic acids is 1. The van der Waals surface area contributed by atoms with Gasteiger partial charge in [-0.2, -0.15) is 5.10 Å². The summed E-state index contributed by atoms with van der Waals surface area (Å²) < 4.78 is 16.2. The third kappa shape index (κ3) is 4.36. The highest BCUT2D eigenvalue weighted by molar-refractivity contribution is 9.10. The van der Waals surface area contributed by atoms with Crippen LogP contribution in [0.25, 0.3) is 0 Å². The number of benzene rings is 1. The molecule has 1 aromatic carbocycles. The van der Waals surface area contributed by atoms with Crippen LogP contribution in [0, 0.1) is 0 Å². The molecule has 116 valence electrons. The number of carbonyl (C=O) groups is 1. The van der Waals surface area contributed by atoms with Crippen molar-refractivity contribution in [1.29, 1.82) is 0 Å². The van der Waals surface area contributed by atoms with Crippen LogP contribution in [-0.4, -0.2) is 26.3 Å². The Balaban J connectivity index is 1.93. The highest BCUT2D eigenvalue weighted by Crippen LogP contribution is 2.27. The number of hydrazone groups is 1. The van der Waals surface area contributed by atoms with Crippen molar-refractivity contribution in [3.05, 3.63) is 46.3 Å². The molecule has 0 atom stereocenters. The molecule has 1 heterocycles. The Bertz CT molecular complexity index is 682. The van der Waals surface area contributed by atoms with Gasteiger partial charge in [0.25, 0.3) is 0 Å². The lowest BCUT2D eigenvalue weighted by molar-refractivity contribution is -0.120. The molecule has 0 aliphatic rings. The topological polar surface area (TPSA) is 73.1 Å². The number of amides is 1. The van der Waals surface area contributed by atoms with E-state index in [1.807, 2.05) is 0 Å². The largest absolute Gasteiger partial charge is 0.493 e. The van der Waals surface area contributed by atoms with Gasteiger partial charge in [0.1, 0.15) is 5.76 Å². The quantitative estimate of drug-likeness (QED) is 0.630. The van der Waals surface area contributed by atoms with Crippen LogP contribution in [0.1, 0.15) is 11.3 Å². The Morgan fingerprint density at radius 1 is 1.27 bits per heavy atom. The molecule has 0 saturated carbocycles. The zero-order chi connectivity index (χ0) is 15.9. The molecule has 0 saturated heterocycles. The number of nitrogens with zero attached hydrogens (tertiary/aromatic N) is 1. The Morgan fingerprint density at radius 2 is 2.05 bits per heavy atom. The van der Waals surface area contributed by atoms with Gasteiger partial charge in [-0.25, -0.2) is 5.43 Å². The third-order valence-corrected chi connectivity index (χ3v) is 3.21.